The molecule has 0 unspecified atom stereocenters. The van der Waals surface area contributed by atoms with E-state index >= 15 is 0 Å². The van der Waals surface area contributed by atoms with Crippen LogP contribution in [0.5, 0.6) is 0 Å². The summed E-state index contributed by atoms with van der Waals surface area (Å²) in [6.07, 6.45) is 0. The molecule has 0 spiro atoms. The second-order valence-electron chi connectivity index (χ2n) is 6.30. The average Bonchev–Trinajstić information content (AvgIpc) is 2.76. The van der Waals surface area contributed by atoms with Crippen molar-refractivity contribution in [1.82, 2.24) is 0 Å². The molecular weight excluding hydrogens is 347 g/mol. The maximum Gasteiger partial charge on any atom is 0.257 e. The van der Waals surface area contributed by atoms with E-state index in [0.717, 1.165) is 11.4 Å². The molecule has 0 aliphatic rings. The second kappa shape index (κ2) is 8.07. The van der Waals surface area contributed by atoms with Crippen LogP contribution in [0.1, 0.15) is 0 Å². The molecule has 27 heavy (non-hydrogen) atoms. The maximum absolute atomic E-state index is 3.87. The Labute approximate surface area is 161 Å². The zero-order valence-corrected chi connectivity index (χ0v) is 15.9. The van der Waals surface area contributed by atoms with Crippen LogP contribution in [-0.4, -0.2) is 0 Å². The fraction of sp³-hybridized carbons (Fsp3) is 0. The first-order valence-electron chi connectivity index (χ1n) is 9.04. The molecule has 4 rings (SSSR count). The summed E-state index contributed by atoms with van der Waals surface area (Å²) in [5, 5.41) is 10.3. The number of hydrogen-bond acceptors (Lipinski definition) is 2. The van der Waals surface area contributed by atoms with Crippen molar-refractivity contribution >= 4 is 29.5 Å². The summed E-state index contributed by atoms with van der Waals surface area (Å²) < 4.78 is 0. The summed E-state index contributed by atoms with van der Waals surface area (Å²) in [5.74, 6) is 0. The Balaban J connectivity index is 1.90. The summed E-state index contributed by atoms with van der Waals surface area (Å²) in [6.45, 7) is 0. The molecule has 3 heteroatoms. The van der Waals surface area contributed by atoms with Crippen LogP contribution in [0.2, 0.25) is 0 Å². The minimum Gasteiger partial charge on any atom is -0.231 e. The van der Waals surface area contributed by atoms with Gasteiger partial charge in [0, 0.05) is 0 Å². The zero-order valence-electron chi connectivity index (χ0n) is 15.0. The second-order valence-corrected chi connectivity index (χ2v) is 9.12. The van der Waals surface area contributed by atoms with Crippen LogP contribution in [-0.2, 0) is 0 Å². The summed E-state index contributed by atoms with van der Waals surface area (Å²) in [4.78, 5) is 0. The van der Waals surface area contributed by atoms with Crippen LogP contribution in [0.15, 0.2) is 121 Å². The predicted molar refractivity (Wildman–Crippen MR) is 119 cm³/mol. The quantitative estimate of drug-likeness (QED) is 0.426. The molecule has 0 heterocycles. The molecule has 0 amide bonds. The molecule has 132 valence electrons. The third-order valence-electron chi connectivity index (χ3n) is 4.43. The van der Waals surface area contributed by atoms with Gasteiger partial charge in [0.05, 0.1) is 11.4 Å². The van der Waals surface area contributed by atoms with Gasteiger partial charge in [0.15, 0.2) is 0 Å². The van der Waals surface area contributed by atoms with Crippen molar-refractivity contribution in [3.8, 4) is 0 Å². The molecule has 0 aliphatic heterocycles. The molecule has 0 bridgehead atoms. The molecule has 0 radical (unpaired) electrons. The topological polar surface area (TPSA) is 24.1 Å². The lowest BCUT2D eigenvalue weighted by Gasteiger charge is -2.29. The third kappa shape index (κ3) is 3.86. The van der Waals surface area contributed by atoms with E-state index in [9.17, 15) is 0 Å². The maximum atomic E-state index is 3.87. The molecule has 4 aromatic carbocycles. The molecule has 0 saturated carbocycles. The first kappa shape index (κ1) is 17.3. The lowest BCUT2D eigenvalue weighted by molar-refractivity contribution is 1.61. The standard InChI is InChI=1S/C24H22N2P/c1-5-13-21(14-6-1)25-27(23-17-9-3-10-18-23,24-19-11-4-12-20-24)26-22-15-7-2-8-16-22/h1-20,25-26H/q+1. The van der Waals surface area contributed by atoms with Crippen molar-refractivity contribution in [2.24, 2.45) is 0 Å². The molecule has 0 saturated heterocycles. The SMILES string of the molecule is c1ccc(N[P+](Nc2ccccc2)(c2ccccc2)c2ccccc2)cc1. The molecule has 2 nitrogen and oxygen atoms in total. The van der Waals surface area contributed by atoms with Gasteiger partial charge in [-0.05, 0) is 48.5 Å². The van der Waals surface area contributed by atoms with Gasteiger partial charge in [0.1, 0.15) is 10.6 Å². The molecule has 0 aromatic heterocycles. The van der Waals surface area contributed by atoms with E-state index in [1.54, 1.807) is 0 Å². The van der Waals surface area contributed by atoms with Crippen LogP contribution in [0.3, 0.4) is 0 Å². The van der Waals surface area contributed by atoms with E-state index < -0.39 is 7.56 Å². The van der Waals surface area contributed by atoms with E-state index in [1.165, 1.54) is 10.6 Å². The van der Waals surface area contributed by atoms with Crippen LogP contribution >= 0.6 is 7.56 Å². The van der Waals surface area contributed by atoms with Gasteiger partial charge >= 0.3 is 0 Å². The lowest BCUT2D eigenvalue weighted by atomic mass is 10.3. The normalized spacial score (nSPS) is 11.0. The van der Waals surface area contributed by atoms with Crippen molar-refractivity contribution < 1.29 is 0 Å². The lowest BCUT2D eigenvalue weighted by Crippen LogP contribution is -2.33. The Bertz CT molecular complexity index is 875. The van der Waals surface area contributed by atoms with Crippen LogP contribution in [0.25, 0.3) is 0 Å². The summed E-state index contributed by atoms with van der Waals surface area (Å²) in [7, 11) is -2.14. The van der Waals surface area contributed by atoms with Crippen LogP contribution in [0, 0.1) is 0 Å². The van der Waals surface area contributed by atoms with Crippen LogP contribution < -0.4 is 20.8 Å². The Kier molecular flexibility index (Phi) is 5.18. The molecule has 0 aliphatic carbocycles. The van der Waals surface area contributed by atoms with Crippen molar-refractivity contribution in [3.05, 3.63) is 121 Å². The van der Waals surface area contributed by atoms with Gasteiger partial charge in [0.25, 0.3) is 7.56 Å². The molecular formula is C24H22N2P+. The monoisotopic (exact) mass is 369 g/mol. The van der Waals surface area contributed by atoms with E-state index in [0.29, 0.717) is 0 Å². The molecule has 4 aromatic rings. The van der Waals surface area contributed by atoms with Crippen molar-refractivity contribution in [2.75, 3.05) is 10.2 Å². The first-order chi connectivity index (χ1) is 13.4. The highest BCUT2D eigenvalue weighted by Gasteiger charge is 2.44. The Morgan fingerprint density at radius 3 is 1.00 bits per heavy atom. The molecule has 0 atom stereocenters. The Morgan fingerprint density at radius 1 is 0.370 bits per heavy atom. The number of anilines is 2. The summed E-state index contributed by atoms with van der Waals surface area (Å²) >= 11 is 0. The summed E-state index contributed by atoms with van der Waals surface area (Å²) in [6, 6.07) is 42.2. The van der Waals surface area contributed by atoms with Gasteiger partial charge in [0.2, 0.25) is 0 Å². The molecule has 0 fully saturated rings. The first-order valence-corrected chi connectivity index (χ1v) is 10.8. The van der Waals surface area contributed by atoms with Gasteiger partial charge in [-0.3, -0.25) is 0 Å². The van der Waals surface area contributed by atoms with Crippen molar-refractivity contribution in [2.45, 2.75) is 0 Å². The summed E-state index contributed by atoms with van der Waals surface area (Å²) in [5.41, 5.74) is 2.20. The number of rotatable bonds is 6. The molecule has 2 N–H and O–H groups in total. The van der Waals surface area contributed by atoms with Gasteiger partial charge in [-0.2, -0.15) is 0 Å². The number of hydrogen-bond donors (Lipinski definition) is 2. The highest BCUT2D eigenvalue weighted by atomic mass is 31.2. The minimum absolute atomic E-state index is 1.10. The highest BCUT2D eigenvalue weighted by Crippen LogP contribution is 2.55. The number of para-hydroxylation sites is 2. The van der Waals surface area contributed by atoms with Crippen LogP contribution in [0.4, 0.5) is 11.4 Å². The fourth-order valence-corrected chi connectivity index (χ4v) is 6.33. The Morgan fingerprint density at radius 2 is 0.667 bits per heavy atom. The van der Waals surface area contributed by atoms with Gasteiger partial charge in [-0.1, -0.05) is 72.8 Å². The van der Waals surface area contributed by atoms with Crippen molar-refractivity contribution in [1.29, 1.82) is 0 Å². The van der Waals surface area contributed by atoms with E-state index in [2.05, 4.69) is 119 Å². The fourth-order valence-electron chi connectivity index (χ4n) is 3.15. The third-order valence-corrected chi connectivity index (χ3v) is 7.76. The predicted octanol–water partition coefficient (Wildman–Crippen LogP) is 5.71. The van der Waals surface area contributed by atoms with E-state index in [4.69, 9.17) is 0 Å². The van der Waals surface area contributed by atoms with Gasteiger partial charge in [-0.15, -0.1) is 0 Å². The van der Waals surface area contributed by atoms with E-state index in [-0.39, 0.29) is 0 Å². The number of nitrogens with one attached hydrogen (secondary N) is 2. The van der Waals surface area contributed by atoms with Gasteiger partial charge in [-0.25, -0.2) is 10.2 Å². The van der Waals surface area contributed by atoms with E-state index in [1.807, 2.05) is 12.1 Å². The average molecular weight is 369 g/mol. The largest absolute Gasteiger partial charge is 0.257 e. The minimum atomic E-state index is -2.14. The highest BCUT2D eigenvalue weighted by molar-refractivity contribution is 7.91. The van der Waals surface area contributed by atoms with Gasteiger partial charge < -0.3 is 0 Å². The van der Waals surface area contributed by atoms with Crippen molar-refractivity contribution in [3.63, 3.8) is 0 Å². The zero-order chi connectivity index (χ0) is 18.4. The number of benzene rings is 4. The smallest absolute Gasteiger partial charge is 0.231 e. The Hall–Kier alpha value is -3.09.